The molecule has 1 amide bonds. The lowest BCUT2D eigenvalue weighted by molar-refractivity contribution is -0.117. The Kier molecular flexibility index (Phi) is 4.56. The van der Waals surface area contributed by atoms with Gasteiger partial charge in [-0.1, -0.05) is 12.1 Å². The number of likely N-dealkylation sites (N-methyl/N-ethyl adjacent to an activating group) is 1. The van der Waals surface area contributed by atoms with E-state index in [-0.39, 0.29) is 5.91 Å². The minimum Gasteiger partial charge on any atom is -0.325 e. The number of hydrogen-bond acceptors (Lipinski definition) is 3. The molecule has 1 aliphatic rings. The van der Waals surface area contributed by atoms with Crippen molar-refractivity contribution in [3.05, 3.63) is 29.3 Å². The molecule has 1 fully saturated rings. The van der Waals surface area contributed by atoms with E-state index in [4.69, 9.17) is 0 Å². The Labute approximate surface area is 115 Å². The maximum absolute atomic E-state index is 12.1. The first-order valence-electron chi connectivity index (χ1n) is 6.85. The lowest BCUT2D eigenvalue weighted by atomic mass is 10.1. The zero-order valence-electron chi connectivity index (χ0n) is 12.0. The number of rotatable bonds is 4. The molecule has 0 aromatic heterocycles. The molecule has 104 valence electrons. The van der Waals surface area contributed by atoms with E-state index in [0.717, 1.165) is 36.3 Å². The third-order valence-corrected chi connectivity index (χ3v) is 3.71. The summed E-state index contributed by atoms with van der Waals surface area (Å²) >= 11 is 0. The molecule has 0 radical (unpaired) electrons. The first-order chi connectivity index (χ1) is 9.08. The van der Waals surface area contributed by atoms with Crippen LogP contribution in [0.5, 0.6) is 0 Å². The first-order valence-corrected chi connectivity index (χ1v) is 6.85. The molecule has 0 aliphatic carbocycles. The number of nitrogens with zero attached hydrogens (tertiary/aromatic N) is 1. The highest BCUT2D eigenvalue weighted by Gasteiger charge is 2.22. The van der Waals surface area contributed by atoms with Crippen LogP contribution in [0.4, 0.5) is 5.69 Å². The van der Waals surface area contributed by atoms with Crippen molar-refractivity contribution in [2.75, 3.05) is 32.0 Å². The quantitative estimate of drug-likeness (QED) is 0.864. The van der Waals surface area contributed by atoms with Crippen LogP contribution < -0.4 is 10.6 Å². The molecule has 19 heavy (non-hydrogen) atoms. The van der Waals surface area contributed by atoms with Crippen LogP contribution in [0.2, 0.25) is 0 Å². The van der Waals surface area contributed by atoms with E-state index in [2.05, 4.69) is 21.6 Å². The predicted octanol–water partition coefficient (Wildman–Crippen LogP) is 1.54. The third kappa shape index (κ3) is 3.78. The standard InChI is InChI=1S/C15H23N3O/c1-11-4-5-12(2)14(8-11)17-15(19)10-18-7-6-13(9-18)16-3/h4-5,8,13,16H,6-7,9-10H2,1-3H3,(H,17,19). The molecule has 0 saturated carbocycles. The highest BCUT2D eigenvalue weighted by molar-refractivity contribution is 5.93. The summed E-state index contributed by atoms with van der Waals surface area (Å²) in [5.41, 5.74) is 3.19. The van der Waals surface area contributed by atoms with E-state index in [1.807, 2.05) is 33.0 Å². The van der Waals surface area contributed by atoms with Gasteiger partial charge in [0.05, 0.1) is 6.54 Å². The Morgan fingerprint density at radius 3 is 2.89 bits per heavy atom. The van der Waals surface area contributed by atoms with Crippen molar-refractivity contribution in [2.45, 2.75) is 26.3 Å². The molecule has 1 aliphatic heterocycles. The molecule has 0 spiro atoms. The zero-order chi connectivity index (χ0) is 13.8. The Morgan fingerprint density at radius 2 is 2.21 bits per heavy atom. The molecule has 1 aromatic rings. The zero-order valence-corrected chi connectivity index (χ0v) is 12.0. The number of hydrogen-bond donors (Lipinski definition) is 2. The van der Waals surface area contributed by atoms with Crippen molar-refractivity contribution >= 4 is 11.6 Å². The van der Waals surface area contributed by atoms with Gasteiger partial charge in [-0.25, -0.2) is 0 Å². The largest absolute Gasteiger partial charge is 0.325 e. The van der Waals surface area contributed by atoms with Crippen molar-refractivity contribution in [2.24, 2.45) is 0 Å². The minimum atomic E-state index is 0.0745. The SMILES string of the molecule is CNC1CCN(CC(=O)Nc2cc(C)ccc2C)C1. The molecule has 2 N–H and O–H groups in total. The summed E-state index contributed by atoms with van der Waals surface area (Å²) in [5, 5.41) is 6.27. The average Bonchev–Trinajstić information content (AvgIpc) is 2.81. The van der Waals surface area contributed by atoms with Crippen LogP contribution in [0, 0.1) is 13.8 Å². The highest BCUT2D eigenvalue weighted by atomic mass is 16.2. The second kappa shape index (κ2) is 6.17. The van der Waals surface area contributed by atoms with Gasteiger partial charge in [-0.3, -0.25) is 9.69 Å². The van der Waals surface area contributed by atoms with E-state index >= 15 is 0 Å². The summed E-state index contributed by atoms with van der Waals surface area (Å²) in [6, 6.07) is 6.64. The number of likely N-dealkylation sites (tertiary alicyclic amines) is 1. The van der Waals surface area contributed by atoms with Gasteiger partial charge in [-0.2, -0.15) is 0 Å². The van der Waals surface area contributed by atoms with Crippen LogP contribution in [-0.2, 0) is 4.79 Å². The number of amides is 1. The van der Waals surface area contributed by atoms with E-state index in [9.17, 15) is 4.79 Å². The fraction of sp³-hybridized carbons (Fsp3) is 0.533. The van der Waals surface area contributed by atoms with Crippen molar-refractivity contribution in [1.29, 1.82) is 0 Å². The molecule has 1 unspecified atom stereocenters. The van der Waals surface area contributed by atoms with Gasteiger partial charge >= 0.3 is 0 Å². The predicted molar refractivity (Wildman–Crippen MR) is 78.5 cm³/mol. The van der Waals surface area contributed by atoms with Crippen LogP contribution in [0.25, 0.3) is 0 Å². The molecule has 2 rings (SSSR count). The van der Waals surface area contributed by atoms with Crippen LogP contribution >= 0.6 is 0 Å². The van der Waals surface area contributed by atoms with Crippen molar-refractivity contribution in [3.63, 3.8) is 0 Å². The molecule has 1 saturated heterocycles. The number of anilines is 1. The summed E-state index contributed by atoms with van der Waals surface area (Å²) in [6.45, 7) is 6.48. The van der Waals surface area contributed by atoms with Gasteiger partial charge in [-0.05, 0) is 44.5 Å². The number of benzene rings is 1. The third-order valence-electron chi connectivity index (χ3n) is 3.71. The average molecular weight is 261 g/mol. The molecule has 1 heterocycles. The Bertz CT molecular complexity index is 459. The molecule has 4 nitrogen and oxygen atoms in total. The van der Waals surface area contributed by atoms with Crippen molar-refractivity contribution in [3.8, 4) is 0 Å². The molecule has 4 heteroatoms. The van der Waals surface area contributed by atoms with Gasteiger partial charge in [0.1, 0.15) is 0 Å². The van der Waals surface area contributed by atoms with E-state index < -0.39 is 0 Å². The Balaban J connectivity index is 1.89. The van der Waals surface area contributed by atoms with Gasteiger partial charge in [0.25, 0.3) is 0 Å². The minimum absolute atomic E-state index is 0.0745. The Morgan fingerprint density at radius 1 is 1.42 bits per heavy atom. The number of nitrogens with one attached hydrogen (secondary N) is 2. The fourth-order valence-electron chi connectivity index (χ4n) is 2.48. The van der Waals surface area contributed by atoms with E-state index in [1.165, 1.54) is 0 Å². The van der Waals surface area contributed by atoms with Gasteiger partial charge in [0.2, 0.25) is 5.91 Å². The van der Waals surface area contributed by atoms with Crippen LogP contribution in [0.15, 0.2) is 18.2 Å². The second-order valence-corrected chi connectivity index (χ2v) is 5.38. The van der Waals surface area contributed by atoms with E-state index in [0.29, 0.717) is 12.6 Å². The molecular formula is C15H23N3O. The molecule has 1 atom stereocenters. The number of carbonyl (C=O) groups is 1. The van der Waals surface area contributed by atoms with Crippen molar-refractivity contribution in [1.82, 2.24) is 10.2 Å². The van der Waals surface area contributed by atoms with Gasteiger partial charge < -0.3 is 10.6 Å². The van der Waals surface area contributed by atoms with Gasteiger partial charge in [-0.15, -0.1) is 0 Å². The molecule has 0 bridgehead atoms. The highest BCUT2D eigenvalue weighted by Crippen LogP contribution is 2.16. The maximum atomic E-state index is 12.1. The molecule has 1 aromatic carbocycles. The topological polar surface area (TPSA) is 44.4 Å². The second-order valence-electron chi connectivity index (χ2n) is 5.38. The normalized spacial score (nSPS) is 19.6. The summed E-state index contributed by atoms with van der Waals surface area (Å²) in [6.07, 6.45) is 1.12. The summed E-state index contributed by atoms with van der Waals surface area (Å²) in [4.78, 5) is 14.2. The van der Waals surface area contributed by atoms with Crippen LogP contribution in [0.3, 0.4) is 0 Å². The smallest absolute Gasteiger partial charge is 0.238 e. The lowest BCUT2D eigenvalue weighted by Crippen LogP contribution is -2.34. The number of carbonyl (C=O) groups excluding carboxylic acids is 1. The monoisotopic (exact) mass is 261 g/mol. The number of aryl methyl sites for hydroxylation is 2. The molecular weight excluding hydrogens is 238 g/mol. The van der Waals surface area contributed by atoms with Crippen molar-refractivity contribution < 1.29 is 4.79 Å². The fourth-order valence-corrected chi connectivity index (χ4v) is 2.48. The van der Waals surface area contributed by atoms with Crippen LogP contribution in [-0.4, -0.2) is 43.5 Å². The maximum Gasteiger partial charge on any atom is 0.238 e. The van der Waals surface area contributed by atoms with Gasteiger partial charge in [0.15, 0.2) is 0 Å². The summed E-state index contributed by atoms with van der Waals surface area (Å²) < 4.78 is 0. The summed E-state index contributed by atoms with van der Waals surface area (Å²) in [5.74, 6) is 0.0745. The van der Waals surface area contributed by atoms with Crippen LogP contribution in [0.1, 0.15) is 17.5 Å². The van der Waals surface area contributed by atoms with E-state index in [1.54, 1.807) is 0 Å². The lowest BCUT2D eigenvalue weighted by Gasteiger charge is -2.16. The first kappa shape index (κ1) is 14.0. The summed E-state index contributed by atoms with van der Waals surface area (Å²) in [7, 11) is 1.98. The Hall–Kier alpha value is -1.39. The van der Waals surface area contributed by atoms with Gasteiger partial charge in [0, 0.05) is 24.8 Å².